The number of carbonyl (C=O) groups excluding carboxylic acids is 1. The molecule has 1 aliphatic heterocycles. The van der Waals surface area contributed by atoms with E-state index in [0.29, 0.717) is 10.8 Å². The zero-order valence-electron chi connectivity index (χ0n) is 14.8. The van der Waals surface area contributed by atoms with E-state index in [4.69, 9.17) is 0 Å². The van der Waals surface area contributed by atoms with Gasteiger partial charge in [-0.1, -0.05) is 19.1 Å². The van der Waals surface area contributed by atoms with E-state index >= 15 is 0 Å². The molecule has 1 saturated heterocycles. The molecule has 1 aliphatic rings. The van der Waals surface area contributed by atoms with Gasteiger partial charge in [-0.25, -0.2) is 0 Å². The average molecular weight is 349 g/mol. The van der Waals surface area contributed by atoms with E-state index in [0.717, 1.165) is 43.3 Å². The van der Waals surface area contributed by atoms with Crippen LogP contribution in [0.25, 0.3) is 0 Å². The number of carbonyl (C=O) groups is 1. The summed E-state index contributed by atoms with van der Waals surface area (Å²) >= 11 is 2.06. The predicted molar refractivity (Wildman–Crippen MR) is 103 cm³/mol. The van der Waals surface area contributed by atoms with Gasteiger partial charge >= 0.3 is 0 Å². The Hall–Kier alpha value is -1.69. The van der Waals surface area contributed by atoms with Gasteiger partial charge in [0.05, 0.1) is 0 Å². The molecule has 5 nitrogen and oxygen atoms in total. The fraction of sp³-hybridized carbons (Fsp3) is 0.556. The Morgan fingerprint density at radius 1 is 1.46 bits per heavy atom. The van der Waals surface area contributed by atoms with Crippen LogP contribution in [0.1, 0.15) is 29.3 Å². The molecule has 0 bridgehead atoms. The highest BCUT2D eigenvalue weighted by atomic mass is 32.2. The topological polar surface area (TPSA) is 56.7 Å². The number of aliphatic imine (C=N–C) groups is 1. The van der Waals surface area contributed by atoms with Crippen molar-refractivity contribution in [1.29, 1.82) is 0 Å². The third kappa shape index (κ3) is 5.16. The lowest BCUT2D eigenvalue weighted by Gasteiger charge is -2.34. The highest BCUT2D eigenvalue weighted by molar-refractivity contribution is 8.00. The summed E-state index contributed by atoms with van der Waals surface area (Å²) in [6.07, 6.45) is 2.06. The lowest BCUT2D eigenvalue weighted by molar-refractivity contribution is 0.0963. The first-order chi connectivity index (χ1) is 11.7. The van der Waals surface area contributed by atoms with E-state index in [1.165, 1.54) is 6.42 Å². The summed E-state index contributed by atoms with van der Waals surface area (Å²) in [7, 11) is 3.50. The normalized spacial score (nSPS) is 18.4. The summed E-state index contributed by atoms with van der Waals surface area (Å²) in [5, 5.41) is 6.82. The van der Waals surface area contributed by atoms with Gasteiger partial charge < -0.3 is 15.5 Å². The molecule has 1 atom stereocenters. The number of nitrogens with one attached hydrogen (secondary N) is 2. The third-order valence-corrected chi connectivity index (χ3v) is 5.59. The first-order valence-corrected chi connectivity index (χ1v) is 9.61. The molecule has 1 aromatic rings. The van der Waals surface area contributed by atoms with Crippen molar-refractivity contribution < 1.29 is 4.79 Å². The van der Waals surface area contributed by atoms with Crippen LogP contribution in [0, 0.1) is 0 Å². The van der Waals surface area contributed by atoms with Gasteiger partial charge in [0.1, 0.15) is 0 Å². The first-order valence-electron chi connectivity index (χ1n) is 8.56. The maximum atomic E-state index is 11.7. The minimum Gasteiger partial charge on any atom is -0.356 e. The number of nitrogens with zero attached hydrogens (tertiary/aromatic N) is 2. The molecule has 1 heterocycles. The van der Waals surface area contributed by atoms with Crippen molar-refractivity contribution in [1.82, 2.24) is 15.5 Å². The van der Waals surface area contributed by atoms with E-state index in [1.807, 2.05) is 25.2 Å². The molecule has 0 radical (unpaired) electrons. The Morgan fingerprint density at radius 3 is 3.00 bits per heavy atom. The summed E-state index contributed by atoms with van der Waals surface area (Å²) in [5.41, 5.74) is 1.86. The zero-order chi connectivity index (χ0) is 17.4. The molecule has 0 spiro atoms. The van der Waals surface area contributed by atoms with Gasteiger partial charge in [0.15, 0.2) is 5.96 Å². The summed E-state index contributed by atoms with van der Waals surface area (Å²) in [6, 6.07) is 7.78. The molecule has 0 aliphatic carbocycles. The number of amides is 1. The second kappa shape index (κ2) is 9.57. The van der Waals surface area contributed by atoms with Gasteiger partial charge in [0.25, 0.3) is 5.91 Å². The van der Waals surface area contributed by atoms with E-state index in [-0.39, 0.29) is 5.91 Å². The van der Waals surface area contributed by atoms with E-state index in [1.54, 1.807) is 7.05 Å². The smallest absolute Gasteiger partial charge is 0.251 e. The Bertz CT molecular complexity index is 576. The summed E-state index contributed by atoms with van der Waals surface area (Å²) < 4.78 is 0. The van der Waals surface area contributed by atoms with Crippen molar-refractivity contribution >= 4 is 23.6 Å². The number of thioether (sulfide) groups is 1. The van der Waals surface area contributed by atoms with Crippen molar-refractivity contribution in [3.63, 3.8) is 0 Å². The predicted octanol–water partition coefficient (Wildman–Crippen LogP) is 1.99. The van der Waals surface area contributed by atoms with Gasteiger partial charge in [-0.05, 0) is 30.5 Å². The number of guanidine groups is 1. The van der Waals surface area contributed by atoms with Crippen molar-refractivity contribution in [2.45, 2.75) is 25.0 Å². The fourth-order valence-corrected chi connectivity index (χ4v) is 4.00. The van der Waals surface area contributed by atoms with Crippen LogP contribution in [0.15, 0.2) is 29.3 Å². The van der Waals surface area contributed by atoms with Crippen LogP contribution in [0.2, 0.25) is 0 Å². The minimum atomic E-state index is -0.0444. The Balaban J connectivity index is 1.87. The number of rotatable bonds is 5. The maximum Gasteiger partial charge on any atom is 0.251 e. The number of benzene rings is 1. The molecule has 132 valence electrons. The van der Waals surface area contributed by atoms with Crippen LogP contribution in [-0.2, 0) is 6.42 Å². The largest absolute Gasteiger partial charge is 0.356 e. The molecule has 24 heavy (non-hydrogen) atoms. The monoisotopic (exact) mass is 348 g/mol. The summed E-state index contributed by atoms with van der Waals surface area (Å²) in [4.78, 5) is 18.5. The van der Waals surface area contributed by atoms with E-state index in [2.05, 4.69) is 45.3 Å². The summed E-state index contributed by atoms with van der Waals surface area (Å²) in [5.74, 6) is 2.10. The molecular formula is C18H28N4OS. The molecule has 1 aromatic carbocycles. The van der Waals surface area contributed by atoms with Crippen molar-refractivity contribution in [2.75, 3.05) is 39.5 Å². The molecule has 1 unspecified atom stereocenters. The lowest BCUT2D eigenvalue weighted by atomic mass is 10.1. The maximum absolute atomic E-state index is 11.7. The zero-order valence-corrected chi connectivity index (χ0v) is 15.7. The van der Waals surface area contributed by atoms with Gasteiger partial charge in [0, 0.05) is 50.3 Å². The Labute approximate surface area is 149 Å². The van der Waals surface area contributed by atoms with Crippen LogP contribution < -0.4 is 10.6 Å². The molecular weight excluding hydrogens is 320 g/mol. The SMILES string of the molecule is CCC1CN(C(=NC)NCCc2cccc(C(=O)NC)c2)CCS1. The molecule has 2 rings (SSSR count). The van der Waals surface area contributed by atoms with Crippen LogP contribution in [0.5, 0.6) is 0 Å². The molecule has 0 aromatic heterocycles. The van der Waals surface area contributed by atoms with E-state index in [9.17, 15) is 4.79 Å². The number of hydrogen-bond acceptors (Lipinski definition) is 3. The van der Waals surface area contributed by atoms with Crippen LogP contribution >= 0.6 is 11.8 Å². The quantitative estimate of drug-likeness (QED) is 0.631. The summed E-state index contributed by atoms with van der Waals surface area (Å²) in [6.45, 7) is 5.17. The minimum absolute atomic E-state index is 0.0444. The second-order valence-electron chi connectivity index (χ2n) is 5.85. The van der Waals surface area contributed by atoms with Crippen molar-refractivity contribution in [3.8, 4) is 0 Å². The van der Waals surface area contributed by atoms with E-state index < -0.39 is 0 Å². The third-order valence-electron chi connectivity index (χ3n) is 4.22. The van der Waals surface area contributed by atoms with Gasteiger partial charge in [0.2, 0.25) is 0 Å². The van der Waals surface area contributed by atoms with Crippen molar-refractivity contribution in [2.24, 2.45) is 4.99 Å². The van der Waals surface area contributed by atoms with Gasteiger partial charge in [-0.3, -0.25) is 9.79 Å². The highest BCUT2D eigenvalue weighted by Gasteiger charge is 2.21. The van der Waals surface area contributed by atoms with Gasteiger partial charge in [-0.2, -0.15) is 11.8 Å². The molecule has 0 saturated carbocycles. The van der Waals surface area contributed by atoms with Crippen LogP contribution in [0.4, 0.5) is 0 Å². The first kappa shape index (κ1) is 18.6. The fourth-order valence-electron chi connectivity index (χ4n) is 2.82. The molecule has 1 amide bonds. The molecule has 2 N–H and O–H groups in total. The Kier molecular flexibility index (Phi) is 7.43. The van der Waals surface area contributed by atoms with Crippen LogP contribution in [0.3, 0.4) is 0 Å². The standard InChI is InChI=1S/C18H28N4OS/c1-4-16-13-22(10-11-24-16)18(20-3)21-9-8-14-6-5-7-15(12-14)17(23)19-2/h5-7,12,16H,4,8-11,13H2,1-3H3,(H,19,23)(H,20,21). The van der Waals surface area contributed by atoms with Crippen molar-refractivity contribution in [3.05, 3.63) is 35.4 Å². The van der Waals surface area contributed by atoms with Crippen LogP contribution in [-0.4, -0.2) is 61.5 Å². The average Bonchev–Trinajstić information content (AvgIpc) is 2.64. The Morgan fingerprint density at radius 2 is 2.29 bits per heavy atom. The number of hydrogen-bond donors (Lipinski definition) is 2. The molecule has 6 heteroatoms. The highest BCUT2D eigenvalue weighted by Crippen LogP contribution is 2.20. The second-order valence-corrected chi connectivity index (χ2v) is 7.26. The molecule has 1 fully saturated rings. The lowest BCUT2D eigenvalue weighted by Crippen LogP contribution is -2.48. The van der Waals surface area contributed by atoms with Gasteiger partial charge in [-0.15, -0.1) is 0 Å².